The molecule has 1 aromatic heterocycles. The minimum Gasteiger partial charge on any atom is -0.233 e. The summed E-state index contributed by atoms with van der Waals surface area (Å²) >= 11 is 7.39. The van der Waals surface area contributed by atoms with Crippen LogP contribution in [-0.4, -0.2) is 4.98 Å². The first-order chi connectivity index (χ1) is 6.16. The van der Waals surface area contributed by atoms with Crippen molar-refractivity contribution in [3.05, 3.63) is 15.5 Å². The van der Waals surface area contributed by atoms with E-state index in [1.54, 1.807) is 11.3 Å². The minimum atomic E-state index is 0.678. The fraction of sp³-hybridized carbons (Fsp3) is 0.700. The van der Waals surface area contributed by atoms with Crippen LogP contribution < -0.4 is 0 Å². The first kappa shape index (κ1) is 9.47. The van der Waals surface area contributed by atoms with Crippen molar-refractivity contribution in [3.8, 4) is 0 Å². The molecule has 0 saturated heterocycles. The quantitative estimate of drug-likeness (QED) is 0.751. The summed E-state index contributed by atoms with van der Waals surface area (Å²) < 4.78 is 0.678. The Bertz CT molecular complexity index is 295. The molecule has 13 heavy (non-hydrogen) atoms. The molecule has 3 heteroatoms. The number of hydrogen-bond acceptors (Lipinski definition) is 2. The monoisotopic (exact) mass is 215 g/mol. The van der Waals surface area contributed by atoms with E-state index in [1.807, 2.05) is 6.20 Å². The SMILES string of the molecule is CC(C)C1CC1Cc1cnc(Cl)s1. The maximum atomic E-state index is 5.77. The molecule has 1 fully saturated rings. The highest BCUT2D eigenvalue weighted by Crippen LogP contribution is 2.46. The molecule has 72 valence electrons. The number of halogens is 1. The molecular weight excluding hydrogens is 202 g/mol. The molecular formula is C10H14ClNS. The molecule has 0 bridgehead atoms. The zero-order valence-electron chi connectivity index (χ0n) is 7.96. The molecule has 0 aliphatic heterocycles. The molecule has 0 N–H and O–H groups in total. The highest BCUT2D eigenvalue weighted by molar-refractivity contribution is 7.15. The Labute approximate surface area is 88.1 Å². The Morgan fingerprint density at radius 3 is 2.92 bits per heavy atom. The smallest absolute Gasteiger partial charge is 0.183 e. The van der Waals surface area contributed by atoms with Gasteiger partial charge in [0.1, 0.15) is 0 Å². The summed E-state index contributed by atoms with van der Waals surface area (Å²) in [6.45, 7) is 4.62. The minimum absolute atomic E-state index is 0.678. The zero-order valence-corrected chi connectivity index (χ0v) is 9.53. The van der Waals surface area contributed by atoms with Crippen LogP contribution >= 0.6 is 22.9 Å². The Hall–Kier alpha value is -0.0800. The lowest BCUT2D eigenvalue weighted by molar-refractivity contribution is 0.517. The lowest BCUT2D eigenvalue weighted by Crippen LogP contribution is -1.94. The summed E-state index contributed by atoms with van der Waals surface area (Å²) in [5, 5.41) is 0. The molecule has 1 aliphatic rings. The van der Waals surface area contributed by atoms with Crippen LogP contribution in [0.15, 0.2) is 6.20 Å². The van der Waals surface area contributed by atoms with Gasteiger partial charge in [0, 0.05) is 11.1 Å². The van der Waals surface area contributed by atoms with Gasteiger partial charge >= 0.3 is 0 Å². The van der Waals surface area contributed by atoms with E-state index >= 15 is 0 Å². The molecule has 0 spiro atoms. The van der Waals surface area contributed by atoms with Gasteiger partial charge in [-0.3, -0.25) is 0 Å². The van der Waals surface area contributed by atoms with Crippen molar-refractivity contribution < 1.29 is 0 Å². The Balaban J connectivity index is 1.88. The van der Waals surface area contributed by atoms with E-state index in [1.165, 1.54) is 17.7 Å². The summed E-state index contributed by atoms with van der Waals surface area (Å²) in [4.78, 5) is 5.40. The lowest BCUT2D eigenvalue weighted by Gasteiger charge is -2.00. The van der Waals surface area contributed by atoms with Crippen molar-refractivity contribution in [1.29, 1.82) is 0 Å². The summed E-state index contributed by atoms with van der Waals surface area (Å²) in [6, 6.07) is 0. The third kappa shape index (κ3) is 2.23. The number of thiazole rings is 1. The van der Waals surface area contributed by atoms with Crippen LogP contribution in [0.1, 0.15) is 25.1 Å². The fourth-order valence-corrected chi connectivity index (χ4v) is 3.03. The van der Waals surface area contributed by atoms with E-state index in [0.717, 1.165) is 17.8 Å². The van der Waals surface area contributed by atoms with Crippen LogP contribution in [0.4, 0.5) is 0 Å². The van der Waals surface area contributed by atoms with Gasteiger partial charge in [-0.1, -0.05) is 25.4 Å². The van der Waals surface area contributed by atoms with E-state index in [4.69, 9.17) is 11.6 Å². The number of nitrogens with zero attached hydrogens (tertiary/aromatic N) is 1. The van der Waals surface area contributed by atoms with Gasteiger partial charge in [0.15, 0.2) is 4.47 Å². The summed E-state index contributed by atoms with van der Waals surface area (Å²) in [5.74, 6) is 2.69. The van der Waals surface area contributed by atoms with Crippen molar-refractivity contribution in [2.24, 2.45) is 17.8 Å². The van der Waals surface area contributed by atoms with Crippen molar-refractivity contribution in [3.63, 3.8) is 0 Å². The van der Waals surface area contributed by atoms with Crippen LogP contribution in [0.25, 0.3) is 0 Å². The molecule has 1 nitrogen and oxygen atoms in total. The van der Waals surface area contributed by atoms with E-state index in [-0.39, 0.29) is 0 Å². The van der Waals surface area contributed by atoms with E-state index in [2.05, 4.69) is 18.8 Å². The third-order valence-corrected chi connectivity index (χ3v) is 3.96. The first-order valence-electron chi connectivity index (χ1n) is 4.77. The van der Waals surface area contributed by atoms with E-state index in [0.29, 0.717) is 4.47 Å². The molecule has 2 unspecified atom stereocenters. The van der Waals surface area contributed by atoms with E-state index < -0.39 is 0 Å². The van der Waals surface area contributed by atoms with Gasteiger partial charge in [-0.25, -0.2) is 4.98 Å². The normalized spacial score (nSPS) is 26.8. The molecule has 1 saturated carbocycles. The van der Waals surface area contributed by atoms with Crippen molar-refractivity contribution in [2.45, 2.75) is 26.7 Å². The lowest BCUT2D eigenvalue weighted by atomic mass is 10.1. The topological polar surface area (TPSA) is 12.9 Å². The van der Waals surface area contributed by atoms with Gasteiger partial charge in [-0.05, 0) is 30.6 Å². The summed E-state index contributed by atoms with van der Waals surface area (Å²) in [5.41, 5.74) is 0. The standard InChI is InChI=1S/C10H14ClNS/c1-6(2)9-4-7(9)3-8-5-12-10(11)13-8/h5-7,9H,3-4H2,1-2H3. The number of hydrogen-bond donors (Lipinski definition) is 0. The van der Waals surface area contributed by atoms with Gasteiger partial charge in [-0.15, -0.1) is 11.3 Å². The predicted octanol–water partition coefficient (Wildman–Crippen LogP) is 3.63. The van der Waals surface area contributed by atoms with Crippen LogP contribution in [0.3, 0.4) is 0 Å². The summed E-state index contributed by atoms with van der Waals surface area (Å²) in [6.07, 6.45) is 4.50. The fourth-order valence-electron chi connectivity index (χ4n) is 1.96. The van der Waals surface area contributed by atoms with E-state index in [9.17, 15) is 0 Å². The zero-order chi connectivity index (χ0) is 9.42. The maximum absolute atomic E-state index is 5.77. The average Bonchev–Trinajstić information content (AvgIpc) is 2.69. The van der Waals surface area contributed by atoms with Crippen LogP contribution in [0.2, 0.25) is 4.47 Å². The van der Waals surface area contributed by atoms with Crippen molar-refractivity contribution in [2.75, 3.05) is 0 Å². The first-order valence-corrected chi connectivity index (χ1v) is 5.96. The van der Waals surface area contributed by atoms with Gasteiger partial charge < -0.3 is 0 Å². The molecule has 2 atom stereocenters. The van der Waals surface area contributed by atoms with Crippen molar-refractivity contribution >= 4 is 22.9 Å². The van der Waals surface area contributed by atoms with Gasteiger partial charge in [-0.2, -0.15) is 0 Å². The Kier molecular flexibility index (Phi) is 2.61. The second-order valence-corrected chi connectivity index (χ2v) is 5.88. The van der Waals surface area contributed by atoms with Crippen LogP contribution in [0.5, 0.6) is 0 Å². The Morgan fingerprint density at radius 2 is 2.46 bits per heavy atom. The number of rotatable bonds is 3. The summed E-state index contributed by atoms with van der Waals surface area (Å²) in [7, 11) is 0. The molecule has 0 radical (unpaired) electrons. The van der Waals surface area contributed by atoms with Gasteiger partial charge in [0.25, 0.3) is 0 Å². The maximum Gasteiger partial charge on any atom is 0.183 e. The highest BCUT2D eigenvalue weighted by Gasteiger charge is 2.39. The van der Waals surface area contributed by atoms with Gasteiger partial charge in [0.05, 0.1) is 0 Å². The second kappa shape index (κ2) is 3.58. The second-order valence-electron chi connectivity index (χ2n) is 4.19. The predicted molar refractivity (Wildman–Crippen MR) is 57.3 cm³/mol. The molecule has 0 amide bonds. The molecule has 1 heterocycles. The van der Waals surface area contributed by atoms with Gasteiger partial charge in [0.2, 0.25) is 0 Å². The molecule has 2 rings (SSSR count). The van der Waals surface area contributed by atoms with Crippen LogP contribution in [0, 0.1) is 17.8 Å². The average molecular weight is 216 g/mol. The highest BCUT2D eigenvalue weighted by atomic mass is 35.5. The van der Waals surface area contributed by atoms with Crippen LogP contribution in [-0.2, 0) is 6.42 Å². The third-order valence-electron chi connectivity index (χ3n) is 2.82. The van der Waals surface area contributed by atoms with Crippen molar-refractivity contribution in [1.82, 2.24) is 4.98 Å². The molecule has 1 aliphatic carbocycles. The molecule has 0 aromatic carbocycles. The Morgan fingerprint density at radius 1 is 1.69 bits per heavy atom. The molecule has 1 aromatic rings. The largest absolute Gasteiger partial charge is 0.233 e. The number of aromatic nitrogens is 1.